The van der Waals surface area contributed by atoms with Crippen LogP contribution >= 0.6 is 0 Å². The third kappa shape index (κ3) is 2.05. The highest BCUT2D eigenvalue weighted by Gasteiger charge is 2.24. The fourth-order valence-electron chi connectivity index (χ4n) is 2.56. The highest BCUT2D eigenvalue weighted by molar-refractivity contribution is 5.85. The summed E-state index contributed by atoms with van der Waals surface area (Å²) in [5.74, 6) is -0.256. The van der Waals surface area contributed by atoms with E-state index in [1.807, 2.05) is 0 Å². The first-order valence-electron chi connectivity index (χ1n) is 6.39. The van der Waals surface area contributed by atoms with Crippen LogP contribution in [0.25, 0.3) is 10.9 Å². The van der Waals surface area contributed by atoms with E-state index in [-0.39, 0.29) is 11.9 Å². The summed E-state index contributed by atoms with van der Waals surface area (Å²) in [5, 5.41) is 0.977. The van der Waals surface area contributed by atoms with E-state index in [9.17, 15) is 9.18 Å². The highest BCUT2D eigenvalue weighted by Crippen LogP contribution is 2.28. The maximum Gasteiger partial charge on any atom is 0.410 e. The molecular weight excluding hydrogens is 247 g/mol. The Morgan fingerprint density at radius 3 is 3.16 bits per heavy atom. The van der Waals surface area contributed by atoms with Crippen molar-refractivity contribution in [3.8, 4) is 0 Å². The third-order valence-corrected chi connectivity index (χ3v) is 3.46. The van der Waals surface area contributed by atoms with Gasteiger partial charge < -0.3 is 14.6 Å². The molecule has 4 nitrogen and oxygen atoms in total. The minimum atomic E-state index is -0.287. The molecule has 0 bridgehead atoms. The van der Waals surface area contributed by atoms with Crippen LogP contribution in [-0.2, 0) is 17.7 Å². The number of aromatic amines is 1. The number of hydrogen-bond acceptors (Lipinski definition) is 2. The lowest BCUT2D eigenvalue weighted by Crippen LogP contribution is -2.36. The van der Waals surface area contributed by atoms with Gasteiger partial charge in [-0.1, -0.05) is 0 Å². The first kappa shape index (κ1) is 12.0. The summed E-state index contributed by atoms with van der Waals surface area (Å²) in [4.78, 5) is 16.7. The van der Waals surface area contributed by atoms with Crippen molar-refractivity contribution in [3.05, 3.63) is 35.3 Å². The van der Waals surface area contributed by atoms with Crippen LogP contribution in [0.15, 0.2) is 18.2 Å². The number of ether oxygens (including phenoxy) is 1. The molecule has 1 aromatic carbocycles. The van der Waals surface area contributed by atoms with E-state index in [4.69, 9.17) is 4.74 Å². The molecule has 19 heavy (non-hydrogen) atoms. The highest BCUT2D eigenvalue weighted by atomic mass is 19.1. The van der Waals surface area contributed by atoms with Gasteiger partial charge in [0.15, 0.2) is 0 Å². The molecule has 0 atom stereocenters. The summed E-state index contributed by atoms with van der Waals surface area (Å²) in [6.07, 6.45) is 0.453. The number of halogens is 1. The van der Waals surface area contributed by atoms with Gasteiger partial charge in [0.1, 0.15) is 5.82 Å². The number of carbonyl (C=O) groups excluding carboxylic acids is 1. The zero-order valence-corrected chi connectivity index (χ0v) is 10.7. The molecule has 0 aliphatic carbocycles. The second-order valence-electron chi connectivity index (χ2n) is 4.64. The van der Waals surface area contributed by atoms with Crippen LogP contribution in [0.2, 0.25) is 0 Å². The average molecular weight is 262 g/mol. The van der Waals surface area contributed by atoms with E-state index in [0.29, 0.717) is 19.7 Å². The number of hydrogen-bond donors (Lipinski definition) is 1. The minimum absolute atomic E-state index is 0.256. The van der Waals surface area contributed by atoms with Gasteiger partial charge >= 0.3 is 6.09 Å². The molecule has 1 aliphatic rings. The van der Waals surface area contributed by atoms with Crippen molar-refractivity contribution < 1.29 is 13.9 Å². The SMILES string of the molecule is CCOC(=O)N1CCc2[nH]c3cc(F)ccc3c2C1. The van der Waals surface area contributed by atoms with Gasteiger partial charge in [0.2, 0.25) is 0 Å². The lowest BCUT2D eigenvalue weighted by molar-refractivity contribution is 0.103. The molecule has 1 aromatic heterocycles. The second kappa shape index (κ2) is 4.57. The van der Waals surface area contributed by atoms with Crippen LogP contribution in [0, 0.1) is 5.82 Å². The first-order chi connectivity index (χ1) is 9.19. The number of H-pyrrole nitrogens is 1. The van der Waals surface area contributed by atoms with Crippen LogP contribution < -0.4 is 0 Å². The van der Waals surface area contributed by atoms with E-state index in [1.54, 1.807) is 17.9 Å². The zero-order chi connectivity index (χ0) is 13.4. The number of carbonyl (C=O) groups is 1. The molecule has 2 heterocycles. The van der Waals surface area contributed by atoms with Gasteiger partial charge in [0.05, 0.1) is 13.2 Å². The predicted octanol–water partition coefficient (Wildman–Crippen LogP) is 2.82. The molecule has 0 saturated heterocycles. The van der Waals surface area contributed by atoms with Gasteiger partial charge in [0.25, 0.3) is 0 Å². The normalized spacial score (nSPS) is 14.5. The van der Waals surface area contributed by atoms with E-state index < -0.39 is 0 Å². The van der Waals surface area contributed by atoms with Crippen molar-refractivity contribution >= 4 is 17.0 Å². The molecule has 0 radical (unpaired) electrons. The maximum absolute atomic E-state index is 13.2. The molecule has 2 aromatic rings. The Labute approximate surface area is 110 Å². The molecule has 0 fully saturated rings. The molecule has 100 valence electrons. The second-order valence-corrected chi connectivity index (χ2v) is 4.64. The van der Waals surface area contributed by atoms with Crippen molar-refractivity contribution in [1.82, 2.24) is 9.88 Å². The van der Waals surface area contributed by atoms with Crippen molar-refractivity contribution in [2.45, 2.75) is 19.9 Å². The molecule has 1 amide bonds. The predicted molar refractivity (Wildman–Crippen MR) is 69.4 cm³/mol. The number of benzene rings is 1. The number of aromatic nitrogens is 1. The third-order valence-electron chi connectivity index (χ3n) is 3.46. The molecule has 1 N–H and O–H groups in total. The van der Waals surface area contributed by atoms with E-state index in [0.717, 1.165) is 28.6 Å². The molecule has 5 heteroatoms. The van der Waals surface area contributed by atoms with Gasteiger partial charge in [-0.25, -0.2) is 9.18 Å². The molecular formula is C14H15FN2O2. The van der Waals surface area contributed by atoms with Gasteiger partial charge in [-0.3, -0.25) is 0 Å². The summed E-state index contributed by atoms with van der Waals surface area (Å²) < 4.78 is 18.2. The Morgan fingerprint density at radius 1 is 1.53 bits per heavy atom. The Hall–Kier alpha value is -2.04. The van der Waals surface area contributed by atoms with Crippen LogP contribution in [0.5, 0.6) is 0 Å². The lowest BCUT2D eigenvalue weighted by Gasteiger charge is -2.26. The number of rotatable bonds is 1. The summed E-state index contributed by atoms with van der Waals surface area (Å²) in [6.45, 7) is 3.31. The van der Waals surface area contributed by atoms with E-state index in [1.165, 1.54) is 12.1 Å². The standard InChI is InChI=1S/C14H15FN2O2/c1-2-19-14(18)17-6-5-12-11(8-17)10-4-3-9(15)7-13(10)16-12/h3-4,7,16H,2,5-6,8H2,1H3. The molecule has 3 rings (SSSR count). The lowest BCUT2D eigenvalue weighted by atomic mass is 10.1. The summed E-state index contributed by atoms with van der Waals surface area (Å²) in [5.41, 5.74) is 2.94. The van der Waals surface area contributed by atoms with Crippen LogP contribution in [0.1, 0.15) is 18.2 Å². The molecule has 0 unspecified atom stereocenters. The Morgan fingerprint density at radius 2 is 2.37 bits per heavy atom. The number of nitrogens with zero attached hydrogens (tertiary/aromatic N) is 1. The van der Waals surface area contributed by atoms with Crippen molar-refractivity contribution in [3.63, 3.8) is 0 Å². The van der Waals surface area contributed by atoms with E-state index >= 15 is 0 Å². The monoisotopic (exact) mass is 262 g/mol. The van der Waals surface area contributed by atoms with Crippen molar-refractivity contribution in [2.24, 2.45) is 0 Å². The van der Waals surface area contributed by atoms with Gasteiger partial charge in [-0.05, 0) is 25.1 Å². The Balaban J connectivity index is 1.95. The van der Waals surface area contributed by atoms with Crippen molar-refractivity contribution in [2.75, 3.05) is 13.2 Å². The number of fused-ring (bicyclic) bond motifs is 3. The van der Waals surface area contributed by atoms with Crippen LogP contribution in [0.3, 0.4) is 0 Å². The fraction of sp³-hybridized carbons (Fsp3) is 0.357. The number of amides is 1. The largest absolute Gasteiger partial charge is 0.450 e. The topological polar surface area (TPSA) is 45.3 Å². The Bertz CT molecular complexity index is 636. The quantitative estimate of drug-likeness (QED) is 0.859. The van der Waals surface area contributed by atoms with Gasteiger partial charge in [0, 0.05) is 35.1 Å². The Kier molecular flexibility index (Phi) is 2.89. The summed E-state index contributed by atoms with van der Waals surface area (Å²) in [6, 6.07) is 4.69. The minimum Gasteiger partial charge on any atom is -0.450 e. The van der Waals surface area contributed by atoms with Crippen LogP contribution in [-0.4, -0.2) is 29.1 Å². The summed E-state index contributed by atoms with van der Waals surface area (Å²) >= 11 is 0. The smallest absolute Gasteiger partial charge is 0.410 e. The van der Waals surface area contributed by atoms with Crippen molar-refractivity contribution in [1.29, 1.82) is 0 Å². The van der Waals surface area contributed by atoms with E-state index in [2.05, 4.69) is 4.98 Å². The first-order valence-corrected chi connectivity index (χ1v) is 6.39. The van der Waals surface area contributed by atoms with Gasteiger partial charge in [-0.15, -0.1) is 0 Å². The maximum atomic E-state index is 13.2. The molecule has 0 saturated carbocycles. The average Bonchev–Trinajstić information content (AvgIpc) is 2.75. The van der Waals surface area contributed by atoms with Crippen LogP contribution in [0.4, 0.5) is 9.18 Å². The zero-order valence-electron chi connectivity index (χ0n) is 10.7. The molecule has 0 spiro atoms. The number of nitrogens with one attached hydrogen (secondary N) is 1. The fourth-order valence-corrected chi connectivity index (χ4v) is 2.56. The summed E-state index contributed by atoms with van der Waals surface area (Å²) in [7, 11) is 0. The molecule has 1 aliphatic heterocycles. The van der Waals surface area contributed by atoms with Gasteiger partial charge in [-0.2, -0.15) is 0 Å².